The Hall–Kier alpha value is -2.83. The molecule has 1 saturated heterocycles. The van der Waals surface area contributed by atoms with Crippen molar-refractivity contribution in [3.05, 3.63) is 42.0 Å². The summed E-state index contributed by atoms with van der Waals surface area (Å²) in [6.45, 7) is 8.95. The third-order valence-electron chi connectivity index (χ3n) is 5.21. The largest absolute Gasteiger partial charge is 0.496 e. The number of carbonyl (C=O) groups excluding carboxylic acids is 1. The van der Waals surface area contributed by atoms with Crippen LogP contribution in [0.25, 0.3) is 0 Å². The van der Waals surface area contributed by atoms with Crippen LogP contribution < -0.4 is 14.5 Å². The predicted molar refractivity (Wildman–Crippen MR) is 111 cm³/mol. The summed E-state index contributed by atoms with van der Waals surface area (Å²) in [4.78, 5) is 19.0. The minimum Gasteiger partial charge on any atom is -0.496 e. The Kier molecular flexibility index (Phi) is 6.68. The predicted octanol–water partition coefficient (Wildman–Crippen LogP) is 2.22. The van der Waals surface area contributed by atoms with Gasteiger partial charge in [0.25, 0.3) is 0 Å². The molecule has 1 aliphatic rings. The summed E-state index contributed by atoms with van der Waals surface area (Å²) >= 11 is 0. The molecule has 28 heavy (non-hydrogen) atoms. The van der Waals surface area contributed by atoms with Gasteiger partial charge in [0.15, 0.2) is 11.6 Å². The molecule has 0 unspecified atom stereocenters. The Morgan fingerprint density at radius 3 is 2.36 bits per heavy atom. The zero-order valence-corrected chi connectivity index (χ0v) is 17.0. The third-order valence-corrected chi connectivity index (χ3v) is 5.21. The number of hydrogen-bond donors (Lipinski definition) is 0. The van der Waals surface area contributed by atoms with Crippen LogP contribution in [0.4, 0.5) is 11.6 Å². The summed E-state index contributed by atoms with van der Waals surface area (Å²) in [5.74, 6) is 2.66. The number of carbonyl (C=O) groups is 1. The van der Waals surface area contributed by atoms with Crippen molar-refractivity contribution in [2.75, 3.05) is 56.2 Å². The number of aromatic nitrogens is 2. The highest BCUT2D eigenvalue weighted by atomic mass is 16.5. The van der Waals surface area contributed by atoms with Crippen LogP contribution in [0.1, 0.15) is 19.4 Å². The molecule has 0 bridgehead atoms. The van der Waals surface area contributed by atoms with E-state index in [4.69, 9.17) is 4.74 Å². The first-order chi connectivity index (χ1) is 13.7. The van der Waals surface area contributed by atoms with Crippen molar-refractivity contribution in [2.45, 2.75) is 20.3 Å². The molecule has 7 nitrogen and oxygen atoms in total. The zero-order valence-electron chi connectivity index (χ0n) is 17.0. The highest BCUT2D eigenvalue weighted by Crippen LogP contribution is 2.20. The summed E-state index contributed by atoms with van der Waals surface area (Å²) in [7, 11) is 1.63. The van der Waals surface area contributed by atoms with E-state index >= 15 is 0 Å². The van der Waals surface area contributed by atoms with Gasteiger partial charge in [-0.1, -0.05) is 18.2 Å². The van der Waals surface area contributed by atoms with Crippen LogP contribution in [0, 0.1) is 0 Å². The summed E-state index contributed by atoms with van der Waals surface area (Å²) < 4.78 is 5.35. The Morgan fingerprint density at radius 2 is 1.75 bits per heavy atom. The Labute approximate surface area is 166 Å². The molecule has 0 saturated carbocycles. The third kappa shape index (κ3) is 4.52. The maximum absolute atomic E-state index is 12.7. The number of benzene rings is 1. The number of methoxy groups -OCH3 is 1. The molecule has 3 rings (SSSR count). The fourth-order valence-electron chi connectivity index (χ4n) is 3.51. The molecule has 150 valence electrons. The van der Waals surface area contributed by atoms with Gasteiger partial charge < -0.3 is 19.4 Å². The number of nitrogens with zero attached hydrogens (tertiary/aromatic N) is 5. The van der Waals surface area contributed by atoms with E-state index in [-0.39, 0.29) is 5.91 Å². The number of rotatable bonds is 7. The first-order valence-electron chi connectivity index (χ1n) is 9.89. The quantitative estimate of drug-likeness (QED) is 0.731. The van der Waals surface area contributed by atoms with Crippen molar-refractivity contribution >= 4 is 17.5 Å². The standard InChI is InChI=1S/C21H29N5O2/c1-4-24(5-2)19-10-11-20(23-22-19)25-12-14-26(15-13-25)21(27)16-17-8-6-7-9-18(17)28-3/h6-11H,4-5,12-16H2,1-3H3. The molecule has 7 heteroatoms. The summed E-state index contributed by atoms with van der Waals surface area (Å²) in [6, 6.07) is 11.7. The van der Waals surface area contributed by atoms with Crippen molar-refractivity contribution in [3.63, 3.8) is 0 Å². The van der Waals surface area contributed by atoms with E-state index in [0.29, 0.717) is 19.5 Å². The number of anilines is 2. The Morgan fingerprint density at radius 1 is 1.04 bits per heavy atom. The molecule has 0 spiro atoms. The Balaban J connectivity index is 1.56. The highest BCUT2D eigenvalue weighted by molar-refractivity contribution is 5.79. The van der Waals surface area contributed by atoms with E-state index in [2.05, 4.69) is 33.8 Å². The SMILES string of the molecule is CCN(CC)c1ccc(N2CCN(C(=O)Cc3ccccc3OC)CC2)nn1. The average Bonchev–Trinajstić information content (AvgIpc) is 2.75. The van der Waals surface area contributed by atoms with Crippen LogP contribution in [0.5, 0.6) is 5.75 Å². The van der Waals surface area contributed by atoms with Gasteiger partial charge in [-0.2, -0.15) is 0 Å². The van der Waals surface area contributed by atoms with Gasteiger partial charge in [-0.05, 0) is 32.0 Å². The van der Waals surface area contributed by atoms with Crippen LogP contribution in [0.3, 0.4) is 0 Å². The number of hydrogen-bond acceptors (Lipinski definition) is 6. The zero-order chi connectivity index (χ0) is 19.9. The fourth-order valence-corrected chi connectivity index (χ4v) is 3.51. The van der Waals surface area contributed by atoms with Crippen molar-refractivity contribution in [2.24, 2.45) is 0 Å². The maximum atomic E-state index is 12.7. The van der Waals surface area contributed by atoms with Gasteiger partial charge in [0, 0.05) is 44.8 Å². The topological polar surface area (TPSA) is 61.8 Å². The molecule has 0 aliphatic carbocycles. The van der Waals surface area contributed by atoms with E-state index in [1.165, 1.54) is 0 Å². The van der Waals surface area contributed by atoms with Crippen LogP contribution in [-0.2, 0) is 11.2 Å². The lowest BCUT2D eigenvalue weighted by atomic mass is 10.1. The lowest BCUT2D eigenvalue weighted by molar-refractivity contribution is -0.130. The van der Waals surface area contributed by atoms with Crippen LogP contribution >= 0.6 is 0 Å². The molecule has 1 amide bonds. The molecule has 0 N–H and O–H groups in total. The van der Waals surface area contributed by atoms with E-state index < -0.39 is 0 Å². The number of piperazine rings is 1. The van der Waals surface area contributed by atoms with Gasteiger partial charge >= 0.3 is 0 Å². The van der Waals surface area contributed by atoms with E-state index in [1.807, 2.05) is 41.3 Å². The minimum atomic E-state index is 0.132. The maximum Gasteiger partial charge on any atom is 0.227 e. The number of para-hydroxylation sites is 1. The average molecular weight is 383 g/mol. The van der Waals surface area contributed by atoms with Gasteiger partial charge in [-0.25, -0.2) is 0 Å². The second-order valence-electron chi connectivity index (χ2n) is 6.78. The molecular formula is C21H29N5O2. The van der Waals surface area contributed by atoms with E-state index in [1.54, 1.807) is 7.11 Å². The van der Waals surface area contributed by atoms with Crippen molar-refractivity contribution in [1.82, 2.24) is 15.1 Å². The molecule has 1 fully saturated rings. The fraction of sp³-hybridized carbons (Fsp3) is 0.476. The number of amides is 1. The van der Waals surface area contributed by atoms with Crippen LogP contribution in [0.15, 0.2) is 36.4 Å². The molecule has 1 aromatic carbocycles. The van der Waals surface area contributed by atoms with Crippen molar-refractivity contribution in [1.29, 1.82) is 0 Å². The second-order valence-corrected chi connectivity index (χ2v) is 6.78. The monoisotopic (exact) mass is 383 g/mol. The molecule has 0 radical (unpaired) electrons. The van der Waals surface area contributed by atoms with Gasteiger partial charge in [-0.3, -0.25) is 4.79 Å². The molecule has 2 heterocycles. The molecular weight excluding hydrogens is 354 g/mol. The van der Waals surface area contributed by atoms with Gasteiger partial charge in [0.1, 0.15) is 5.75 Å². The summed E-state index contributed by atoms with van der Waals surface area (Å²) in [6.07, 6.45) is 0.363. The normalized spacial score (nSPS) is 14.1. The van der Waals surface area contributed by atoms with Gasteiger partial charge in [0.05, 0.1) is 13.5 Å². The first kappa shape index (κ1) is 19.9. The smallest absolute Gasteiger partial charge is 0.227 e. The summed E-state index contributed by atoms with van der Waals surface area (Å²) in [5, 5.41) is 8.76. The van der Waals surface area contributed by atoms with Gasteiger partial charge in [-0.15, -0.1) is 10.2 Å². The highest BCUT2D eigenvalue weighted by Gasteiger charge is 2.23. The molecule has 0 atom stereocenters. The summed E-state index contributed by atoms with van der Waals surface area (Å²) in [5.41, 5.74) is 0.926. The molecule has 1 aromatic heterocycles. The van der Waals surface area contributed by atoms with E-state index in [0.717, 1.165) is 49.1 Å². The minimum absolute atomic E-state index is 0.132. The van der Waals surface area contributed by atoms with Crippen molar-refractivity contribution < 1.29 is 9.53 Å². The first-order valence-corrected chi connectivity index (χ1v) is 9.89. The second kappa shape index (κ2) is 9.39. The Bertz CT molecular complexity index is 769. The van der Waals surface area contributed by atoms with Crippen LogP contribution in [0.2, 0.25) is 0 Å². The number of ether oxygens (including phenoxy) is 1. The molecule has 2 aromatic rings. The molecule has 1 aliphatic heterocycles. The van der Waals surface area contributed by atoms with E-state index in [9.17, 15) is 4.79 Å². The lowest BCUT2D eigenvalue weighted by Gasteiger charge is -2.35. The van der Waals surface area contributed by atoms with Crippen molar-refractivity contribution in [3.8, 4) is 5.75 Å². The van der Waals surface area contributed by atoms with Gasteiger partial charge in [0.2, 0.25) is 5.91 Å². The van der Waals surface area contributed by atoms with Crippen LogP contribution in [-0.4, -0.2) is 67.4 Å². The lowest BCUT2D eigenvalue weighted by Crippen LogP contribution is -2.49.